The molecule has 1 atom stereocenters. The van der Waals surface area contributed by atoms with Gasteiger partial charge in [-0.15, -0.1) is 0 Å². The molecule has 7 heteroatoms. The van der Waals surface area contributed by atoms with Crippen LogP contribution in [0.25, 0.3) is 11.1 Å². The van der Waals surface area contributed by atoms with Crippen molar-refractivity contribution in [3.8, 4) is 11.1 Å². The number of pyridine rings is 1. The molecule has 7 nitrogen and oxygen atoms in total. The van der Waals surface area contributed by atoms with Crippen LogP contribution < -0.4 is 0 Å². The van der Waals surface area contributed by atoms with Crippen molar-refractivity contribution in [3.05, 3.63) is 53.9 Å². The summed E-state index contributed by atoms with van der Waals surface area (Å²) < 4.78 is 5.90. The monoisotopic (exact) mass is 437 g/mol. The molecule has 1 unspecified atom stereocenters. The van der Waals surface area contributed by atoms with Crippen LogP contribution in [-0.4, -0.2) is 64.2 Å². The van der Waals surface area contributed by atoms with Gasteiger partial charge in [-0.05, 0) is 49.8 Å². The highest BCUT2D eigenvalue weighted by molar-refractivity contribution is 5.92. The molecule has 1 aliphatic carbocycles. The summed E-state index contributed by atoms with van der Waals surface area (Å²) in [5.41, 5.74) is 2.98. The number of benzene rings is 1. The number of hydrogen-bond acceptors (Lipinski definition) is 5. The number of hydrogen-bond donors (Lipinski definition) is 1. The first-order valence-electron chi connectivity index (χ1n) is 11.2. The van der Waals surface area contributed by atoms with Gasteiger partial charge < -0.3 is 19.6 Å². The van der Waals surface area contributed by atoms with Gasteiger partial charge in [0.25, 0.3) is 5.91 Å². The molecule has 170 valence electrons. The van der Waals surface area contributed by atoms with Crippen LogP contribution in [0, 0.1) is 0 Å². The van der Waals surface area contributed by atoms with Gasteiger partial charge in [0, 0.05) is 38.8 Å². The normalized spacial score (nSPS) is 24.2. The predicted octanol–water partition coefficient (Wildman–Crippen LogP) is 4.03. The van der Waals surface area contributed by atoms with Crippen molar-refractivity contribution in [3.63, 3.8) is 0 Å². The minimum atomic E-state index is -0.399. The van der Waals surface area contributed by atoms with E-state index in [1.54, 1.807) is 31.3 Å². The first-order valence-corrected chi connectivity index (χ1v) is 11.2. The quantitative estimate of drug-likeness (QED) is 0.781. The topological polar surface area (TPSA) is 83.0 Å². The molecule has 1 aliphatic heterocycles. The van der Waals surface area contributed by atoms with Crippen molar-refractivity contribution in [2.24, 2.45) is 0 Å². The van der Waals surface area contributed by atoms with Crippen molar-refractivity contribution in [2.45, 2.75) is 56.8 Å². The zero-order valence-electron chi connectivity index (χ0n) is 19.0. The van der Waals surface area contributed by atoms with E-state index in [0.29, 0.717) is 25.1 Å². The second kappa shape index (κ2) is 8.90. The van der Waals surface area contributed by atoms with E-state index < -0.39 is 5.60 Å². The van der Waals surface area contributed by atoms with E-state index in [0.717, 1.165) is 36.0 Å². The molecule has 4 rings (SSSR count). The molecule has 0 bridgehead atoms. The molecule has 1 N–H and O–H groups in total. The third-order valence-corrected chi connectivity index (χ3v) is 6.80. The second-order valence-corrected chi connectivity index (χ2v) is 9.16. The van der Waals surface area contributed by atoms with E-state index in [2.05, 4.69) is 4.98 Å². The fourth-order valence-corrected chi connectivity index (χ4v) is 4.60. The third kappa shape index (κ3) is 4.48. The Balaban J connectivity index is 1.42. The van der Waals surface area contributed by atoms with Gasteiger partial charge in [0.2, 0.25) is 0 Å². The molecule has 1 saturated heterocycles. The minimum absolute atomic E-state index is 0.0960. The van der Waals surface area contributed by atoms with Gasteiger partial charge in [-0.3, -0.25) is 9.78 Å². The molecule has 2 heterocycles. The number of amides is 2. The molecule has 2 aromatic rings. The first-order chi connectivity index (χ1) is 15.3. The SMILES string of the molecule is CC(c1ccc(-c2ccc(C(=O)N(C)C)nc2)cc1)N1CC[C@]2(CC[C@H](O)CC2)OC1=O. The Hall–Kier alpha value is -2.93. The number of aliphatic hydroxyl groups excluding tert-OH is 1. The maximum absolute atomic E-state index is 12.8. The van der Waals surface area contributed by atoms with Gasteiger partial charge in [-0.25, -0.2) is 4.79 Å². The smallest absolute Gasteiger partial charge is 0.410 e. The van der Waals surface area contributed by atoms with Crippen molar-refractivity contribution in [1.82, 2.24) is 14.8 Å². The summed E-state index contributed by atoms with van der Waals surface area (Å²) in [5, 5.41) is 9.77. The summed E-state index contributed by atoms with van der Waals surface area (Å²) in [6.07, 6.45) is 4.85. The van der Waals surface area contributed by atoms with Gasteiger partial charge in [-0.2, -0.15) is 0 Å². The average Bonchev–Trinajstić information content (AvgIpc) is 2.80. The Morgan fingerprint density at radius 3 is 2.34 bits per heavy atom. The van der Waals surface area contributed by atoms with Crippen molar-refractivity contribution in [1.29, 1.82) is 0 Å². The number of aliphatic hydroxyl groups is 1. The van der Waals surface area contributed by atoms with Crippen LogP contribution in [0.5, 0.6) is 0 Å². The van der Waals surface area contributed by atoms with Gasteiger partial charge in [-0.1, -0.05) is 30.3 Å². The molecule has 1 aromatic carbocycles. The van der Waals surface area contributed by atoms with Crippen LogP contribution in [0.2, 0.25) is 0 Å². The Labute approximate surface area is 189 Å². The molecular weight excluding hydrogens is 406 g/mol. The fraction of sp³-hybridized carbons (Fsp3) is 0.480. The summed E-state index contributed by atoms with van der Waals surface area (Å²) in [7, 11) is 3.41. The van der Waals surface area contributed by atoms with Crippen molar-refractivity contribution in [2.75, 3.05) is 20.6 Å². The largest absolute Gasteiger partial charge is 0.443 e. The number of ether oxygens (including phenoxy) is 1. The minimum Gasteiger partial charge on any atom is -0.443 e. The van der Waals surface area contributed by atoms with E-state index in [9.17, 15) is 14.7 Å². The molecule has 32 heavy (non-hydrogen) atoms. The van der Waals surface area contributed by atoms with Crippen LogP contribution in [0.4, 0.5) is 4.79 Å². The van der Waals surface area contributed by atoms with Gasteiger partial charge in [0.05, 0.1) is 12.1 Å². The number of rotatable bonds is 4. The maximum atomic E-state index is 12.8. The number of carbonyl (C=O) groups is 2. The van der Waals surface area contributed by atoms with Crippen molar-refractivity contribution >= 4 is 12.0 Å². The van der Waals surface area contributed by atoms with Crippen LogP contribution in [0.3, 0.4) is 0 Å². The standard InChI is InChI=1S/C25H31N3O4/c1-17(28-15-14-25(32-24(28)31)12-10-21(29)11-13-25)18-4-6-19(7-5-18)20-8-9-22(26-16-20)23(30)27(2)3/h4-9,16-17,21,29H,10-15H2,1-3H3/t17?,21-,25+. The molecule has 1 spiro atoms. The van der Waals surface area contributed by atoms with E-state index in [1.807, 2.05) is 37.3 Å². The Morgan fingerprint density at radius 1 is 1.12 bits per heavy atom. The molecule has 0 radical (unpaired) electrons. The third-order valence-electron chi connectivity index (χ3n) is 6.80. The van der Waals surface area contributed by atoms with Gasteiger partial charge in [0.1, 0.15) is 11.3 Å². The van der Waals surface area contributed by atoms with E-state index in [4.69, 9.17) is 4.74 Å². The Bertz CT molecular complexity index is 964. The molecule has 2 amide bonds. The average molecular weight is 438 g/mol. The fourth-order valence-electron chi connectivity index (χ4n) is 4.60. The van der Waals surface area contributed by atoms with Gasteiger partial charge in [0.15, 0.2) is 0 Å². The number of aromatic nitrogens is 1. The highest BCUT2D eigenvalue weighted by Crippen LogP contribution is 2.39. The Morgan fingerprint density at radius 2 is 1.78 bits per heavy atom. The van der Waals surface area contributed by atoms with E-state index in [-0.39, 0.29) is 24.1 Å². The van der Waals surface area contributed by atoms with E-state index >= 15 is 0 Å². The number of nitrogens with zero attached hydrogens (tertiary/aromatic N) is 3. The van der Waals surface area contributed by atoms with E-state index in [1.165, 1.54) is 4.90 Å². The summed E-state index contributed by atoms with van der Waals surface area (Å²) in [6.45, 7) is 2.67. The lowest BCUT2D eigenvalue weighted by atomic mass is 9.80. The lowest BCUT2D eigenvalue weighted by molar-refractivity contribution is -0.0908. The summed E-state index contributed by atoms with van der Waals surface area (Å²) >= 11 is 0. The van der Waals surface area contributed by atoms with Crippen LogP contribution in [0.1, 0.15) is 61.1 Å². The second-order valence-electron chi connectivity index (χ2n) is 9.16. The van der Waals surface area contributed by atoms with Crippen LogP contribution in [0.15, 0.2) is 42.6 Å². The molecule has 1 aromatic heterocycles. The van der Waals surface area contributed by atoms with Crippen LogP contribution in [-0.2, 0) is 4.74 Å². The highest BCUT2D eigenvalue weighted by atomic mass is 16.6. The summed E-state index contributed by atoms with van der Waals surface area (Å²) in [6, 6.07) is 11.6. The Kier molecular flexibility index (Phi) is 6.20. The molecule has 2 fully saturated rings. The van der Waals surface area contributed by atoms with Crippen molar-refractivity contribution < 1.29 is 19.4 Å². The number of carbonyl (C=O) groups excluding carboxylic acids is 2. The zero-order chi connectivity index (χ0) is 22.9. The first kappa shape index (κ1) is 22.3. The lowest BCUT2D eigenvalue weighted by Crippen LogP contribution is -2.52. The molecule has 1 saturated carbocycles. The highest BCUT2D eigenvalue weighted by Gasteiger charge is 2.44. The van der Waals surface area contributed by atoms with Crippen LogP contribution >= 0.6 is 0 Å². The summed E-state index contributed by atoms with van der Waals surface area (Å²) in [5.74, 6) is -0.125. The molecular formula is C25H31N3O4. The maximum Gasteiger partial charge on any atom is 0.410 e. The predicted molar refractivity (Wildman–Crippen MR) is 121 cm³/mol. The zero-order valence-corrected chi connectivity index (χ0v) is 19.0. The van der Waals surface area contributed by atoms with Gasteiger partial charge >= 0.3 is 6.09 Å². The lowest BCUT2D eigenvalue weighted by Gasteiger charge is -2.45. The molecule has 2 aliphatic rings. The summed E-state index contributed by atoms with van der Waals surface area (Å²) in [4.78, 5) is 32.4.